The second kappa shape index (κ2) is 4.51. The highest BCUT2D eigenvalue weighted by Gasteiger charge is 2.26. The van der Waals surface area contributed by atoms with E-state index in [1.807, 2.05) is 18.2 Å². The number of rotatable bonds is 3. The van der Waals surface area contributed by atoms with Crippen molar-refractivity contribution in [2.45, 2.75) is 18.6 Å². The molecule has 1 aromatic carbocycles. The van der Waals surface area contributed by atoms with Gasteiger partial charge in [-0.1, -0.05) is 12.1 Å². The SMILES string of the molecule is OCCC(O)C1COc2ccccc2O1. The topological polar surface area (TPSA) is 58.9 Å². The fraction of sp³-hybridized carbons (Fsp3) is 0.455. The molecule has 0 bridgehead atoms. The lowest BCUT2D eigenvalue weighted by atomic mass is 10.1. The number of aliphatic hydroxyl groups excluding tert-OH is 2. The molecule has 0 saturated carbocycles. The van der Waals surface area contributed by atoms with Gasteiger partial charge in [-0.15, -0.1) is 0 Å². The summed E-state index contributed by atoms with van der Waals surface area (Å²) >= 11 is 0. The van der Waals surface area contributed by atoms with E-state index in [2.05, 4.69) is 0 Å². The highest BCUT2D eigenvalue weighted by Crippen LogP contribution is 2.31. The van der Waals surface area contributed by atoms with E-state index in [1.54, 1.807) is 6.07 Å². The third kappa shape index (κ3) is 2.22. The Morgan fingerprint density at radius 3 is 2.80 bits per heavy atom. The van der Waals surface area contributed by atoms with Crippen LogP contribution in [0, 0.1) is 0 Å². The van der Waals surface area contributed by atoms with Gasteiger partial charge in [0.1, 0.15) is 6.61 Å². The maximum absolute atomic E-state index is 9.63. The van der Waals surface area contributed by atoms with Crippen molar-refractivity contribution in [1.29, 1.82) is 0 Å². The Balaban J connectivity index is 2.05. The molecule has 4 nitrogen and oxygen atoms in total. The highest BCUT2D eigenvalue weighted by atomic mass is 16.6. The summed E-state index contributed by atoms with van der Waals surface area (Å²) in [5.74, 6) is 1.34. The van der Waals surface area contributed by atoms with Gasteiger partial charge in [-0.3, -0.25) is 0 Å². The lowest BCUT2D eigenvalue weighted by Gasteiger charge is -2.29. The van der Waals surface area contributed by atoms with Crippen molar-refractivity contribution in [3.8, 4) is 11.5 Å². The van der Waals surface area contributed by atoms with Gasteiger partial charge < -0.3 is 19.7 Å². The Morgan fingerprint density at radius 1 is 1.33 bits per heavy atom. The van der Waals surface area contributed by atoms with Crippen LogP contribution in [0.15, 0.2) is 24.3 Å². The molecule has 0 aromatic heterocycles. The smallest absolute Gasteiger partial charge is 0.161 e. The second-order valence-electron chi connectivity index (χ2n) is 3.49. The lowest BCUT2D eigenvalue weighted by molar-refractivity contribution is -0.0198. The van der Waals surface area contributed by atoms with E-state index in [1.165, 1.54) is 0 Å². The van der Waals surface area contributed by atoms with E-state index >= 15 is 0 Å². The summed E-state index contributed by atoms with van der Waals surface area (Å²) in [6, 6.07) is 7.34. The average molecular weight is 210 g/mol. The van der Waals surface area contributed by atoms with Crippen molar-refractivity contribution >= 4 is 0 Å². The molecule has 2 N–H and O–H groups in total. The first-order chi connectivity index (χ1) is 7.31. The lowest BCUT2D eigenvalue weighted by Crippen LogP contribution is -2.40. The van der Waals surface area contributed by atoms with Crippen LogP contribution >= 0.6 is 0 Å². The van der Waals surface area contributed by atoms with Gasteiger partial charge in [0.15, 0.2) is 17.6 Å². The Morgan fingerprint density at radius 2 is 2.07 bits per heavy atom. The first-order valence-electron chi connectivity index (χ1n) is 4.98. The van der Waals surface area contributed by atoms with E-state index in [0.29, 0.717) is 24.5 Å². The van der Waals surface area contributed by atoms with Gasteiger partial charge in [0.05, 0.1) is 6.10 Å². The maximum atomic E-state index is 9.63. The third-order valence-electron chi connectivity index (χ3n) is 2.38. The summed E-state index contributed by atoms with van der Waals surface area (Å²) in [5, 5.41) is 18.3. The standard InChI is InChI=1S/C11H14O4/c12-6-5-8(13)11-7-14-9-3-1-2-4-10(9)15-11/h1-4,8,11-13H,5-7H2. The quantitative estimate of drug-likeness (QED) is 0.765. The minimum atomic E-state index is -0.691. The molecule has 2 rings (SSSR count). The summed E-state index contributed by atoms with van der Waals surface area (Å²) in [7, 11) is 0. The average Bonchev–Trinajstić information content (AvgIpc) is 2.29. The molecule has 0 aliphatic carbocycles. The monoisotopic (exact) mass is 210 g/mol. The predicted octanol–water partition coefficient (Wildman–Crippen LogP) is 0.570. The first-order valence-corrected chi connectivity index (χ1v) is 4.98. The number of hydrogen-bond acceptors (Lipinski definition) is 4. The van der Waals surface area contributed by atoms with Crippen molar-refractivity contribution < 1.29 is 19.7 Å². The van der Waals surface area contributed by atoms with Gasteiger partial charge in [0, 0.05) is 13.0 Å². The van der Waals surface area contributed by atoms with Gasteiger partial charge in [-0.05, 0) is 12.1 Å². The molecule has 1 aliphatic heterocycles. The Labute approximate surface area is 88.1 Å². The molecule has 0 spiro atoms. The molecule has 0 saturated heterocycles. The van der Waals surface area contributed by atoms with E-state index in [9.17, 15) is 5.11 Å². The number of aliphatic hydroxyl groups is 2. The molecule has 4 heteroatoms. The molecule has 82 valence electrons. The van der Waals surface area contributed by atoms with Gasteiger partial charge in [0.2, 0.25) is 0 Å². The van der Waals surface area contributed by atoms with Gasteiger partial charge in [-0.2, -0.15) is 0 Å². The van der Waals surface area contributed by atoms with Crippen LogP contribution < -0.4 is 9.47 Å². The fourth-order valence-electron chi connectivity index (χ4n) is 1.54. The minimum absolute atomic E-state index is 0.0529. The van der Waals surface area contributed by atoms with Crippen LogP contribution in [0.4, 0.5) is 0 Å². The van der Waals surface area contributed by atoms with Crippen LogP contribution in [0.2, 0.25) is 0 Å². The van der Waals surface area contributed by atoms with E-state index in [4.69, 9.17) is 14.6 Å². The van der Waals surface area contributed by atoms with Gasteiger partial charge >= 0.3 is 0 Å². The van der Waals surface area contributed by atoms with Crippen LogP contribution in [-0.4, -0.2) is 35.6 Å². The van der Waals surface area contributed by atoms with Crippen LogP contribution in [0.25, 0.3) is 0 Å². The zero-order valence-electron chi connectivity index (χ0n) is 8.30. The molecule has 1 aliphatic rings. The molecule has 0 amide bonds. The predicted molar refractivity (Wildman–Crippen MR) is 54.1 cm³/mol. The highest BCUT2D eigenvalue weighted by molar-refractivity contribution is 5.40. The molecule has 2 atom stereocenters. The Kier molecular flexibility index (Phi) is 3.08. The molecule has 1 heterocycles. The number of para-hydroxylation sites is 2. The summed E-state index contributed by atoms with van der Waals surface area (Å²) in [6.07, 6.45) is -0.786. The first kappa shape index (κ1) is 10.3. The molecule has 0 fully saturated rings. The Hall–Kier alpha value is -1.26. The minimum Gasteiger partial charge on any atom is -0.486 e. The van der Waals surface area contributed by atoms with Crippen molar-refractivity contribution in [1.82, 2.24) is 0 Å². The van der Waals surface area contributed by atoms with E-state index in [-0.39, 0.29) is 6.61 Å². The van der Waals surface area contributed by atoms with Crippen molar-refractivity contribution in [2.24, 2.45) is 0 Å². The molecular weight excluding hydrogens is 196 g/mol. The zero-order chi connectivity index (χ0) is 10.7. The van der Waals surface area contributed by atoms with Crippen LogP contribution in [0.5, 0.6) is 11.5 Å². The molecule has 15 heavy (non-hydrogen) atoms. The molecule has 2 unspecified atom stereocenters. The van der Waals surface area contributed by atoms with Crippen LogP contribution in [0.3, 0.4) is 0 Å². The van der Waals surface area contributed by atoms with Gasteiger partial charge in [0.25, 0.3) is 0 Å². The molecular formula is C11H14O4. The van der Waals surface area contributed by atoms with Crippen molar-refractivity contribution in [3.63, 3.8) is 0 Å². The number of ether oxygens (including phenoxy) is 2. The van der Waals surface area contributed by atoms with Gasteiger partial charge in [-0.25, -0.2) is 0 Å². The second-order valence-corrected chi connectivity index (χ2v) is 3.49. The summed E-state index contributed by atoms with van der Waals surface area (Å²) in [6.45, 7) is 0.265. The Bertz CT molecular complexity index is 326. The number of hydrogen-bond donors (Lipinski definition) is 2. The largest absolute Gasteiger partial charge is 0.486 e. The maximum Gasteiger partial charge on any atom is 0.161 e. The normalized spacial score (nSPS) is 21.1. The fourth-order valence-corrected chi connectivity index (χ4v) is 1.54. The van der Waals surface area contributed by atoms with E-state index < -0.39 is 12.2 Å². The van der Waals surface area contributed by atoms with Crippen LogP contribution in [0.1, 0.15) is 6.42 Å². The number of fused-ring (bicyclic) bond motifs is 1. The molecule has 0 radical (unpaired) electrons. The van der Waals surface area contributed by atoms with Crippen LogP contribution in [-0.2, 0) is 0 Å². The van der Waals surface area contributed by atoms with Crippen molar-refractivity contribution in [3.05, 3.63) is 24.3 Å². The summed E-state index contributed by atoms with van der Waals surface area (Å²) in [4.78, 5) is 0. The summed E-state index contributed by atoms with van der Waals surface area (Å²) in [5.41, 5.74) is 0. The summed E-state index contributed by atoms with van der Waals surface area (Å²) < 4.78 is 11.0. The van der Waals surface area contributed by atoms with Crippen molar-refractivity contribution in [2.75, 3.05) is 13.2 Å². The zero-order valence-corrected chi connectivity index (χ0v) is 8.30. The van der Waals surface area contributed by atoms with E-state index in [0.717, 1.165) is 0 Å². The molecule has 1 aromatic rings. The number of benzene rings is 1. The third-order valence-corrected chi connectivity index (χ3v) is 2.38.